The molecule has 2 rings (SSSR count). The molecule has 0 aromatic rings. The fourth-order valence-electron chi connectivity index (χ4n) is 4.14. The summed E-state index contributed by atoms with van der Waals surface area (Å²) in [5.41, 5.74) is 0. The molecule has 0 radical (unpaired) electrons. The van der Waals surface area contributed by atoms with Crippen molar-refractivity contribution < 1.29 is 9.90 Å². The van der Waals surface area contributed by atoms with Gasteiger partial charge in [0.05, 0.1) is 5.92 Å². The van der Waals surface area contributed by atoms with Crippen LogP contribution in [0.5, 0.6) is 0 Å². The molecule has 0 bridgehead atoms. The molecule has 0 aromatic carbocycles. The van der Waals surface area contributed by atoms with Gasteiger partial charge in [-0.3, -0.25) is 4.79 Å². The summed E-state index contributed by atoms with van der Waals surface area (Å²) < 4.78 is 0. The summed E-state index contributed by atoms with van der Waals surface area (Å²) in [6.07, 6.45) is 14.2. The van der Waals surface area contributed by atoms with E-state index in [1.807, 2.05) is 6.08 Å². The van der Waals surface area contributed by atoms with Gasteiger partial charge in [-0.05, 0) is 69.1 Å². The Morgan fingerprint density at radius 3 is 2.00 bits per heavy atom. The molecule has 1 N–H and O–H groups in total. The molecular weight excluding hydrogens is 236 g/mol. The second-order valence-electron chi connectivity index (χ2n) is 6.60. The number of carboxylic acids is 1. The predicted octanol–water partition coefficient (Wildman–Crippen LogP) is 4.65. The molecule has 0 aliphatic heterocycles. The van der Waals surface area contributed by atoms with Crippen molar-refractivity contribution in [2.75, 3.05) is 0 Å². The summed E-state index contributed by atoms with van der Waals surface area (Å²) in [5.74, 6) is 1.99. The van der Waals surface area contributed by atoms with Gasteiger partial charge >= 0.3 is 5.97 Å². The topological polar surface area (TPSA) is 37.3 Å². The standard InChI is InChI=1S/C17H28O2/c1-2-3-4-13-5-7-14(8-6-13)15-9-11-16(12-10-15)17(18)19/h2,13-16H,1,3-12H2,(H,18,19). The normalized spacial score (nSPS) is 35.8. The minimum atomic E-state index is -0.577. The summed E-state index contributed by atoms with van der Waals surface area (Å²) in [6.45, 7) is 3.81. The second kappa shape index (κ2) is 7.12. The van der Waals surface area contributed by atoms with Gasteiger partial charge in [-0.25, -0.2) is 0 Å². The molecule has 0 unspecified atom stereocenters. The predicted molar refractivity (Wildman–Crippen MR) is 78.0 cm³/mol. The Bertz CT molecular complexity index is 294. The minimum Gasteiger partial charge on any atom is -0.481 e. The van der Waals surface area contributed by atoms with Crippen molar-refractivity contribution in [3.8, 4) is 0 Å². The highest BCUT2D eigenvalue weighted by Gasteiger charge is 2.32. The average Bonchev–Trinajstić information content (AvgIpc) is 2.46. The van der Waals surface area contributed by atoms with E-state index in [0.29, 0.717) is 0 Å². The van der Waals surface area contributed by atoms with E-state index in [1.165, 1.54) is 38.5 Å². The van der Waals surface area contributed by atoms with Crippen molar-refractivity contribution in [2.45, 2.75) is 64.2 Å². The molecule has 2 fully saturated rings. The van der Waals surface area contributed by atoms with Crippen LogP contribution < -0.4 is 0 Å². The summed E-state index contributed by atoms with van der Waals surface area (Å²) in [5, 5.41) is 9.04. The van der Waals surface area contributed by atoms with Crippen LogP contribution >= 0.6 is 0 Å². The zero-order valence-electron chi connectivity index (χ0n) is 12.0. The molecule has 0 saturated heterocycles. The number of carbonyl (C=O) groups is 1. The monoisotopic (exact) mass is 264 g/mol. The van der Waals surface area contributed by atoms with Crippen molar-refractivity contribution in [3.63, 3.8) is 0 Å². The van der Waals surface area contributed by atoms with Gasteiger partial charge in [0, 0.05) is 0 Å². The van der Waals surface area contributed by atoms with Gasteiger partial charge in [0.15, 0.2) is 0 Å². The molecule has 2 nitrogen and oxygen atoms in total. The van der Waals surface area contributed by atoms with Crippen LogP contribution in [-0.4, -0.2) is 11.1 Å². The highest BCUT2D eigenvalue weighted by atomic mass is 16.4. The van der Waals surface area contributed by atoms with Crippen LogP contribution in [-0.2, 0) is 4.79 Å². The van der Waals surface area contributed by atoms with Crippen molar-refractivity contribution >= 4 is 5.97 Å². The van der Waals surface area contributed by atoms with Gasteiger partial charge in [0.25, 0.3) is 0 Å². The van der Waals surface area contributed by atoms with Gasteiger partial charge in [-0.15, -0.1) is 6.58 Å². The summed E-state index contributed by atoms with van der Waals surface area (Å²) in [6, 6.07) is 0. The molecule has 2 aliphatic rings. The summed E-state index contributed by atoms with van der Waals surface area (Å²) in [7, 11) is 0. The first-order valence-electron chi connectivity index (χ1n) is 8.04. The minimum absolute atomic E-state index is 0.0554. The second-order valence-corrected chi connectivity index (χ2v) is 6.60. The number of allylic oxidation sites excluding steroid dienone is 1. The molecule has 0 amide bonds. The average molecular weight is 264 g/mol. The lowest BCUT2D eigenvalue weighted by molar-refractivity contribution is -0.143. The first kappa shape index (κ1) is 14.6. The van der Waals surface area contributed by atoms with E-state index >= 15 is 0 Å². The van der Waals surface area contributed by atoms with E-state index in [4.69, 9.17) is 5.11 Å². The first-order valence-corrected chi connectivity index (χ1v) is 8.04. The molecular formula is C17H28O2. The molecule has 2 heteroatoms. The molecule has 2 aliphatic carbocycles. The van der Waals surface area contributed by atoms with E-state index in [1.54, 1.807) is 0 Å². The Balaban J connectivity index is 1.70. The highest BCUT2D eigenvalue weighted by Crippen LogP contribution is 2.42. The van der Waals surface area contributed by atoms with Gasteiger partial charge < -0.3 is 5.11 Å². The number of hydrogen-bond acceptors (Lipinski definition) is 1. The van der Waals surface area contributed by atoms with Crippen molar-refractivity contribution in [2.24, 2.45) is 23.7 Å². The molecule has 0 atom stereocenters. The SMILES string of the molecule is C=CCCC1CCC(C2CCC(C(=O)O)CC2)CC1. The molecule has 0 heterocycles. The lowest BCUT2D eigenvalue weighted by Gasteiger charge is -2.37. The van der Waals surface area contributed by atoms with Crippen LogP contribution in [0.3, 0.4) is 0 Å². The summed E-state index contributed by atoms with van der Waals surface area (Å²) in [4.78, 5) is 11.0. The maximum atomic E-state index is 11.0. The van der Waals surface area contributed by atoms with Crippen LogP contribution in [0.25, 0.3) is 0 Å². The molecule has 108 valence electrons. The zero-order valence-corrected chi connectivity index (χ0v) is 12.0. The van der Waals surface area contributed by atoms with Gasteiger partial charge in [-0.2, -0.15) is 0 Å². The van der Waals surface area contributed by atoms with Gasteiger partial charge in [0.2, 0.25) is 0 Å². The largest absolute Gasteiger partial charge is 0.481 e. The van der Waals surface area contributed by atoms with Crippen molar-refractivity contribution in [1.29, 1.82) is 0 Å². The third-order valence-corrected chi connectivity index (χ3v) is 5.46. The Labute approximate surface area is 117 Å². The zero-order chi connectivity index (χ0) is 13.7. The maximum absolute atomic E-state index is 11.0. The van der Waals surface area contributed by atoms with E-state index < -0.39 is 5.97 Å². The molecule has 19 heavy (non-hydrogen) atoms. The molecule has 2 saturated carbocycles. The van der Waals surface area contributed by atoms with E-state index in [2.05, 4.69) is 6.58 Å². The lowest BCUT2D eigenvalue weighted by Crippen LogP contribution is -2.28. The van der Waals surface area contributed by atoms with E-state index in [9.17, 15) is 4.79 Å². The number of aliphatic carboxylic acids is 1. The van der Waals surface area contributed by atoms with E-state index in [0.717, 1.165) is 43.4 Å². The smallest absolute Gasteiger partial charge is 0.306 e. The van der Waals surface area contributed by atoms with Gasteiger partial charge in [-0.1, -0.05) is 18.9 Å². The Morgan fingerprint density at radius 1 is 1.00 bits per heavy atom. The third-order valence-electron chi connectivity index (χ3n) is 5.46. The van der Waals surface area contributed by atoms with Crippen LogP contribution in [0.2, 0.25) is 0 Å². The van der Waals surface area contributed by atoms with Crippen LogP contribution in [0, 0.1) is 23.7 Å². The Morgan fingerprint density at radius 2 is 1.53 bits per heavy atom. The van der Waals surface area contributed by atoms with Crippen LogP contribution in [0.15, 0.2) is 12.7 Å². The number of hydrogen-bond donors (Lipinski definition) is 1. The van der Waals surface area contributed by atoms with Gasteiger partial charge in [0.1, 0.15) is 0 Å². The first-order chi connectivity index (χ1) is 9.20. The fraction of sp³-hybridized carbons (Fsp3) is 0.824. The van der Waals surface area contributed by atoms with Crippen LogP contribution in [0.4, 0.5) is 0 Å². The quantitative estimate of drug-likeness (QED) is 0.734. The fourth-order valence-corrected chi connectivity index (χ4v) is 4.14. The number of carboxylic acid groups (broad SMARTS) is 1. The Hall–Kier alpha value is -0.790. The Kier molecular flexibility index (Phi) is 5.47. The van der Waals surface area contributed by atoms with Crippen molar-refractivity contribution in [1.82, 2.24) is 0 Å². The maximum Gasteiger partial charge on any atom is 0.306 e. The van der Waals surface area contributed by atoms with E-state index in [-0.39, 0.29) is 5.92 Å². The van der Waals surface area contributed by atoms with Crippen LogP contribution in [0.1, 0.15) is 64.2 Å². The third kappa shape index (κ3) is 4.09. The molecule has 0 aromatic heterocycles. The summed E-state index contributed by atoms with van der Waals surface area (Å²) >= 11 is 0. The lowest BCUT2D eigenvalue weighted by atomic mass is 9.69. The molecule has 0 spiro atoms. The van der Waals surface area contributed by atoms with Crippen molar-refractivity contribution in [3.05, 3.63) is 12.7 Å². The highest BCUT2D eigenvalue weighted by molar-refractivity contribution is 5.69. The number of rotatable bonds is 5.